The van der Waals surface area contributed by atoms with Gasteiger partial charge in [0.05, 0.1) is 17.1 Å². The molecule has 10 heteroatoms. The minimum absolute atomic E-state index is 0.161. The van der Waals surface area contributed by atoms with Crippen LogP contribution in [0.5, 0.6) is 5.75 Å². The van der Waals surface area contributed by atoms with E-state index in [1.165, 1.54) is 22.9 Å². The summed E-state index contributed by atoms with van der Waals surface area (Å²) in [5.74, 6) is 0.733. The summed E-state index contributed by atoms with van der Waals surface area (Å²) in [6, 6.07) is 13.4. The highest BCUT2D eigenvalue weighted by atomic mass is 35.5. The molecule has 28 heavy (non-hydrogen) atoms. The first kappa shape index (κ1) is 20.5. The van der Waals surface area contributed by atoms with Crippen molar-refractivity contribution in [1.29, 1.82) is 0 Å². The first-order valence-electron chi connectivity index (χ1n) is 8.37. The standard InChI is InChI=1S/C18H18ClN3O4S2/c1-26-14-5-3-13(4-6-14)15-7-9-17(23)22(21-15)12-2-11-20-28(24,25)18-10-8-16(19)27-18/h3-10,20H,2,11-12H2,1H3. The highest BCUT2D eigenvalue weighted by molar-refractivity contribution is 7.91. The van der Waals surface area contributed by atoms with E-state index < -0.39 is 10.0 Å². The monoisotopic (exact) mass is 439 g/mol. The van der Waals surface area contributed by atoms with E-state index in [1.807, 2.05) is 24.3 Å². The van der Waals surface area contributed by atoms with Gasteiger partial charge in [-0.05, 0) is 48.9 Å². The predicted octanol–water partition coefficient (Wildman–Crippen LogP) is 3.00. The summed E-state index contributed by atoms with van der Waals surface area (Å²) in [4.78, 5) is 12.0. The quantitative estimate of drug-likeness (QED) is 0.545. The molecule has 0 unspecified atom stereocenters. The van der Waals surface area contributed by atoms with Gasteiger partial charge in [0.2, 0.25) is 10.0 Å². The summed E-state index contributed by atoms with van der Waals surface area (Å²) in [5.41, 5.74) is 1.26. The molecule has 0 radical (unpaired) electrons. The zero-order valence-corrected chi connectivity index (χ0v) is 17.4. The lowest BCUT2D eigenvalue weighted by Crippen LogP contribution is -2.27. The summed E-state index contributed by atoms with van der Waals surface area (Å²) in [6.07, 6.45) is 0.414. The number of nitrogens with zero attached hydrogens (tertiary/aromatic N) is 2. The van der Waals surface area contributed by atoms with Gasteiger partial charge in [-0.15, -0.1) is 11.3 Å². The second-order valence-corrected chi connectivity index (χ2v) is 9.53. The fourth-order valence-electron chi connectivity index (χ4n) is 2.47. The number of nitrogens with one attached hydrogen (secondary N) is 1. The smallest absolute Gasteiger partial charge is 0.266 e. The van der Waals surface area contributed by atoms with Crippen molar-refractivity contribution >= 4 is 33.0 Å². The van der Waals surface area contributed by atoms with Crippen molar-refractivity contribution in [3.8, 4) is 17.0 Å². The van der Waals surface area contributed by atoms with Crippen molar-refractivity contribution < 1.29 is 13.2 Å². The van der Waals surface area contributed by atoms with Gasteiger partial charge in [-0.25, -0.2) is 17.8 Å². The minimum atomic E-state index is -3.60. The third-order valence-corrected chi connectivity index (χ3v) is 7.09. The average molecular weight is 440 g/mol. The molecule has 2 heterocycles. The van der Waals surface area contributed by atoms with Crippen molar-refractivity contribution in [2.24, 2.45) is 0 Å². The Morgan fingerprint density at radius 1 is 1.14 bits per heavy atom. The number of methoxy groups -OCH3 is 1. The SMILES string of the molecule is COc1ccc(-c2ccc(=O)n(CCCNS(=O)(=O)c3ccc(Cl)s3)n2)cc1. The Kier molecular flexibility index (Phi) is 6.50. The lowest BCUT2D eigenvalue weighted by molar-refractivity contribution is 0.415. The van der Waals surface area contributed by atoms with Crippen LogP contribution < -0.4 is 15.0 Å². The van der Waals surface area contributed by atoms with Gasteiger partial charge in [0.25, 0.3) is 5.56 Å². The van der Waals surface area contributed by atoms with Gasteiger partial charge in [0.15, 0.2) is 0 Å². The van der Waals surface area contributed by atoms with Crippen LogP contribution in [0.4, 0.5) is 0 Å². The highest BCUT2D eigenvalue weighted by Gasteiger charge is 2.15. The molecule has 0 aliphatic carbocycles. The fourth-order valence-corrected chi connectivity index (χ4v) is 5.07. The molecule has 2 aromatic heterocycles. The number of aromatic nitrogens is 2. The first-order chi connectivity index (χ1) is 13.4. The van der Waals surface area contributed by atoms with Gasteiger partial charge < -0.3 is 4.74 Å². The van der Waals surface area contributed by atoms with E-state index in [-0.39, 0.29) is 22.9 Å². The Hall–Kier alpha value is -2.20. The molecule has 3 rings (SSSR count). The Labute approximate surface area is 171 Å². The van der Waals surface area contributed by atoms with Crippen LogP contribution in [-0.2, 0) is 16.6 Å². The molecule has 0 aliphatic heterocycles. The molecule has 1 aromatic carbocycles. The molecular formula is C18H18ClN3O4S2. The maximum atomic E-state index is 12.2. The first-order valence-corrected chi connectivity index (χ1v) is 11.0. The van der Waals surface area contributed by atoms with E-state index in [1.54, 1.807) is 13.2 Å². The van der Waals surface area contributed by atoms with Gasteiger partial charge in [-0.1, -0.05) is 11.6 Å². The Morgan fingerprint density at radius 3 is 2.54 bits per heavy atom. The molecule has 0 atom stereocenters. The normalized spacial score (nSPS) is 11.5. The molecule has 148 valence electrons. The number of sulfonamides is 1. The van der Waals surface area contributed by atoms with Crippen LogP contribution >= 0.6 is 22.9 Å². The summed E-state index contributed by atoms with van der Waals surface area (Å²) < 4.78 is 33.9. The molecule has 0 amide bonds. The Balaban J connectivity index is 1.63. The molecule has 7 nitrogen and oxygen atoms in total. The van der Waals surface area contributed by atoms with Crippen LogP contribution in [0.2, 0.25) is 4.34 Å². The van der Waals surface area contributed by atoms with Crippen molar-refractivity contribution in [2.75, 3.05) is 13.7 Å². The van der Waals surface area contributed by atoms with E-state index in [0.717, 1.165) is 22.6 Å². The van der Waals surface area contributed by atoms with E-state index in [2.05, 4.69) is 9.82 Å². The van der Waals surface area contributed by atoms with E-state index in [0.29, 0.717) is 16.5 Å². The number of halogens is 1. The highest BCUT2D eigenvalue weighted by Crippen LogP contribution is 2.25. The lowest BCUT2D eigenvalue weighted by atomic mass is 10.1. The number of thiophene rings is 1. The molecule has 0 saturated carbocycles. The van der Waals surface area contributed by atoms with Crippen LogP contribution in [0.1, 0.15) is 6.42 Å². The largest absolute Gasteiger partial charge is 0.497 e. The van der Waals surface area contributed by atoms with Crippen molar-refractivity contribution in [3.63, 3.8) is 0 Å². The van der Waals surface area contributed by atoms with Crippen LogP contribution in [0.15, 0.2) is 57.5 Å². The topological polar surface area (TPSA) is 90.3 Å². The van der Waals surface area contributed by atoms with Crippen LogP contribution in [0.3, 0.4) is 0 Å². The minimum Gasteiger partial charge on any atom is -0.497 e. The molecule has 0 bridgehead atoms. The molecule has 0 saturated heterocycles. The van der Waals surface area contributed by atoms with Gasteiger partial charge in [-0.3, -0.25) is 4.79 Å². The zero-order valence-electron chi connectivity index (χ0n) is 15.0. The zero-order chi connectivity index (χ0) is 20.1. The maximum absolute atomic E-state index is 12.2. The van der Waals surface area contributed by atoms with E-state index in [4.69, 9.17) is 16.3 Å². The van der Waals surface area contributed by atoms with Gasteiger partial charge in [-0.2, -0.15) is 5.10 Å². The second kappa shape index (κ2) is 8.87. The molecule has 0 aliphatic rings. The van der Waals surface area contributed by atoms with Crippen LogP contribution in [0.25, 0.3) is 11.3 Å². The van der Waals surface area contributed by atoms with Crippen LogP contribution in [-0.4, -0.2) is 31.9 Å². The predicted molar refractivity (Wildman–Crippen MR) is 110 cm³/mol. The second-order valence-electron chi connectivity index (χ2n) is 5.82. The number of rotatable bonds is 8. The number of aryl methyl sites for hydroxylation is 1. The Bertz CT molecular complexity index is 1110. The summed E-state index contributed by atoms with van der Waals surface area (Å²) in [6.45, 7) is 0.468. The number of hydrogen-bond donors (Lipinski definition) is 1. The summed E-state index contributed by atoms with van der Waals surface area (Å²) in [7, 11) is -2.01. The lowest BCUT2D eigenvalue weighted by Gasteiger charge is -2.08. The van der Waals surface area contributed by atoms with Crippen molar-refractivity contribution in [1.82, 2.24) is 14.5 Å². The number of benzene rings is 1. The van der Waals surface area contributed by atoms with E-state index >= 15 is 0 Å². The molecule has 0 spiro atoms. The fraction of sp³-hybridized carbons (Fsp3) is 0.222. The number of hydrogen-bond acceptors (Lipinski definition) is 6. The molecular weight excluding hydrogens is 422 g/mol. The van der Waals surface area contributed by atoms with Gasteiger partial charge >= 0.3 is 0 Å². The van der Waals surface area contributed by atoms with Gasteiger partial charge in [0, 0.05) is 24.7 Å². The summed E-state index contributed by atoms with van der Waals surface area (Å²) in [5, 5.41) is 4.36. The summed E-state index contributed by atoms with van der Waals surface area (Å²) >= 11 is 6.77. The maximum Gasteiger partial charge on any atom is 0.266 e. The average Bonchev–Trinajstić information content (AvgIpc) is 3.14. The van der Waals surface area contributed by atoms with E-state index in [9.17, 15) is 13.2 Å². The third kappa shape index (κ3) is 4.99. The Morgan fingerprint density at radius 2 is 1.89 bits per heavy atom. The molecule has 1 N–H and O–H groups in total. The molecule has 3 aromatic rings. The van der Waals surface area contributed by atoms with Crippen molar-refractivity contribution in [2.45, 2.75) is 17.2 Å². The van der Waals surface area contributed by atoms with Crippen molar-refractivity contribution in [3.05, 3.63) is 63.2 Å². The van der Waals surface area contributed by atoms with Crippen LogP contribution in [0, 0.1) is 0 Å². The number of ether oxygens (including phenoxy) is 1. The third-order valence-electron chi connectivity index (χ3n) is 3.90. The van der Waals surface area contributed by atoms with Gasteiger partial charge in [0.1, 0.15) is 9.96 Å². The molecule has 0 fully saturated rings.